The molecule has 1 N–H and O–H groups in total. The summed E-state index contributed by atoms with van der Waals surface area (Å²) in [5.41, 5.74) is 3.57. The highest BCUT2D eigenvalue weighted by Gasteiger charge is 2.42. The molecule has 2 amide bonds. The molecule has 1 saturated heterocycles. The van der Waals surface area contributed by atoms with Gasteiger partial charge in [0.1, 0.15) is 4.32 Å². The van der Waals surface area contributed by atoms with E-state index < -0.39 is 21.8 Å². The van der Waals surface area contributed by atoms with Gasteiger partial charge >= 0.3 is 0 Å². The highest BCUT2D eigenvalue weighted by Crippen LogP contribution is 2.45. The number of carbonyl (C=O) groups is 2. The molecule has 11 heteroatoms. The summed E-state index contributed by atoms with van der Waals surface area (Å²) >= 11 is 9.64. The Hall–Kier alpha value is -2.05. The Labute approximate surface area is 203 Å². The van der Waals surface area contributed by atoms with Crippen molar-refractivity contribution in [3.63, 3.8) is 0 Å². The van der Waals surface area contributed by atoms with Crippen LogP contribution in [0.4, 0.5) is 5.69 Å². The van der Waals surface area contributed by atoms with Crippen molar-refractivity contribution in [1.29, 1.82) is 0 Å². The van der Waals surface area contributed by atoms with E-state index >= 15 is 0 Å². The Bertz CT molecular complexity index is 1290. The summed E-state index contributed by atoms with van der Waals surface area (Å²) in [5, 5.41) is 0. The van der Waals surface area contributed by atoms with Gasteiger partial charge in [-0.15, -0.1) is 0 Å². The maximum atomic E-state index is 13.5. The first-order valence-corrected chi connectivity index (χ1v) is 13.1. The Morgan fingerprint density at radius 2 is 1.75 bits per heavy atom. The lowest BCUT2D eigenvalue weighted by Crippen LogP contribution is -2.33. The number of halogens is 1. The average molecular weight is 553 g/mol. The minimum atomic E-state index is -4.27. The fourth-order valence-corrected chi connectivity index (χ4v) is 5.66. The van der Waals surface area contributed by atoms with Crippen LogP contribution in [0.1, 0.15) is 16.7 Å². The van der Waals surface area contributed by atoms with Gasteiger partial charge in [0.2, 0.25) is 0 Å². The zero-order valence-corrected chi connectivity index (χ0v) is 20.8. The van der Waals surface area contributed by atoms with Crippen molar-refractivity contribution in [1.82, 2.24) is 4.90 Å². The molecule has 7 nitrogen and oxygen atoms in total. The number of hydrogen-bond acceptors (Lipinski definition) is 6. The number of hydrogen-bond donors (Lipinski definition) is 1. The van der Waals surface area contributed by atoms with Crippen LogP contribution in [0.2, 0.25) is 0 Å². The third kappa shape index (κ3) is 4.53. The summed E-state index contributed by atoms with van der Waals surface area (Å²) < 4.78 is 32.2. The first-order valence-electron chi connectivity index (χ1n) is 9.45. The molecule has 0 spiro atoms. The van der Waals surface area contributed by atoms with Crippen LogP contribution in [-0.2, 0) is 26.3 Å². The molecule has 166 valence electrons. The van der Waals surface area contributed by atoms with Gasteiger partial charge in [-0.25, -0.2) is 0 Å². The van der Waals surface area contributed by atoms with Crippen molar-refractivity contribution < 1.29 is 22.6 Å². The third-order valence-corrected chi connectivity index (χ3v) is 7.73. The second-order valence-corrected chi connectivity index (χ2v) is 11.5. The van der Waals surface area contributed by atoms with Crippen LogP contribution in [0.25, 0.3) is 5.57 Å². The highest BCUT2D eigenvalue weighted by atomic mass is 79.9. The molecular formula is C21H17BrN2O5S3. The van der Waals surface area contributed by atoms with Crippen LogP contribution in [0.3, 0.4) is 0 Å². The summed E-state index contributed by atoms with van der Waals surface area (Å²) in [6.07, 6.45) is 0. The molecule has 0 saturated carbocycles. The number of carbonyl (C=O) groups excluding carboxylic acids is 2. The van der Waals surface area contributed by atoms with Crippen LogP contribution < -0.4 is 4.90 Å². The van der Waals surface area contributed by atoms with E-state index in [-0.39, 0.29) is 27.3 Å². The number of rotatable bonds is 5. The van der Waals surface area contributed by atoms with Gasteiger partial charge in [0.15, 0.2) is 0 Å². The van der Waals surface area contributed by atoms with Gasteiger partial charge in [0, 0.05) is 16.6 Å². The van der Waals surface area contributed by atoms with E-state index in [9.17, 15) is 18.0 Å². The van der Waals surface area contributed by atoms with E-state index in [1.54, 1.807) is 11.0 Å². The molecule has 0 aliphatic carbocycles. The van der Waals surface area contributed by atoms with Crippen LogP contribution in [0.5, 0.6) is 0 Å². The zero-order chi connectivity index (χ0) is 23.2. The lowest BCUT2D eigenvalue weighted by molar-refractivity contribution is -0.122. The van der Waals surface area contributed by atoms with E-state index in [0.29, 0.717) is 17.8 Å². The maximum absolute atomic E-state index is 13.5. The van der Waals surface area contributed by atoms with Gasteiger partial charge < -0.3 is 4.90 Å². The van der Waals surface area contributed by atoms with Gasteiger partial charge in [-0.1, -0.05) is 69.7 Å². The van der Waals surface area contributed by atoms with Crippen LogP contribution >= 0.6 is 39.9 Å². The lowest BCUT2D eigenvalue weighted by atomic mass is 10.1. The molecule has 0 atom stereocenters. The third-order valence-electron chi connectivity index (χ3n) is 5.09. The van der Waals surface area contributed by atoms with E-state index in [4.69, 9.17) is 16.8 Å². The van der Waals surface area contributed by atoms with Gasteiger partial charge in [0.25, 0.3) is 21.9 Å². The molecule has 0 bridgehead atoms. The topological polar surface area (TPSA) is 95.0 Å². The van der Waals surface area contributed by atoms with E-state index in [0.717, 1.165) is 32.3 Å². The van der Waals surface area contributed by atoms with Crippen molar-refractivity contribution in [3.05, 3.63) is 68.5 Å². The smallest absolute Gasteiger partial charge is 0.267 e. The number of thioether (sulfide) groups is 1. The van der Waals surface area contributed by atoms with E-state index in [1.165, 1.54) is 0 Å². The number of amides is 2. The second-order valence-electron chi connectivity index (χ2n) is 7.35. The minimum absolute atomic E-state index is 0.141. The normalized spacial score (nSPS) is 18.7. The molecule has 4 rings (SSSR count). The van der Waals surface area contributed by atoms with Gasteiger partial charge in [0.05, 0.1) is 28.5 Å². The average Bonchev–Trinajstić information content (AvgIpc) is 3.13. The molecule has 2 aromatic rings. The molecule has 2 aliphatic heterocycles. The predicted molar refractivity (Wildman–Crippen MR) is 132 cm³/mol. The Morgan fingerprint density at radius 3 is 2.41 bits per heavy atom. The summed E-state index contributed by atoms with van der Waals surface area (Å²) in [6.45, 7) is 2.03. The molecule has 2 aliphatic rings. The largest absolute Gasteiger partial charge is 0.303 e. The Kier molecular flexibility index (Phi) is 6.29. The molecule has 0 radical (unpaired) electrons. The Morgan fingerprint density at radius 1 is 1.06 bits per heavy atom. The van der Waals surface area contributed by atoms with Gasteiger partial charge in [-0.2, -0.15) is 8.42 Å². The van der Waals surface area contributed by atoms with Crippen molar-refractivity contribution in [2.24, 2.45) is 0 Å². The molecule has 32 heavy (non-hydrogen) atoms. The molecule has 2 heterocycles. The number of nitrogens with zero attached hydrogens (tertiary/aromatic N) is 2. The highest BCUT2D eigenvalue weighted by molar-refractivity contribution is 9.10. The Balaban J connectivity index is 1.74. The first kappa shape index (κ1) is 23.1. The van der Waals surface area contributed by atoms with Gasteiger partial charge in [-0.05, 0) is 30.7 Å². The van der Waals surface area contributed by atoms with E-state index in [2.05, 4.69) is 15.9 Å². The summed E-state index contributed by atoms with van der Waals surface area (Å²) in [7, 11) is -4.27. The lowest BCUT2D eigenvalue weighted by Gasteiger charge is -2.17. The number of aryl methyl sites for hydroxylation is 1. The summed E-state index contributed by atoms with van der Waals surface area (Å²) in [5.74, 6) is -1.51. The van der Waals surface area contributed by atoms with Crippen molar-refractivity contribution in [3.8, 4) is 0 Å². The van der Waals surface area contributed by atoms with E-state index in [1.807, 2.05) is 43.3 Å². The minimum Gasteiger partial charge on any atom is -0.303 e. The number of thiocarbonyl (C=S) groups is 1. The quantitative estimate of drug-likeness (QED) is 0.342. The van der Waals surface area contributed by atoms with Gasteiger partial charge in [-0.3, -0.25) is 19.0 Å². The predicted octanol–water partition coefficient (Wildman–Crippen LogP) is 3.76. The maximum Gasteiger partial charge on any atom is 0.267 e. The first-order chi connectivity index (χ1) is 15.0. The van der Waals surface area contributed by atoms with Crippen LogP contribution in [0.15, 0.2) is 51.8 Å². The van der Waals surface area contributed by atoms with Crippen molar-refractivity contribution in [2.75, 3.05) is 17.2 Å². The molecule has 1 fully saturated rings. The SMILES string of the molecule is Cc1ccc(CN2C(=O)/C(=C3\SC(=S)N(CCS(=O)(=O)O)C3=O)c3cc(Br)ccc32)cc1. The number of fused-ring (bicyclic) bond motifs is 1. The summed E-state index contributed by atoms with van der Waals surface area (Å²) in [4.78, 5) is 29.4. The number of anilines is 1. The molecule has 0 unspecified atom stereocenters. The molecular weight excluding hydrogens is 536 g/mol. The monoisotopic (exact) mass is 552 g/mol. The summed E-state index contributed by atoms with van der Waals surface area (Å²) in [6, 6.07) is 13.3. The fraction of sp³-hybridized carbons (Fsp3) is 0.190. The van der Waals surface area contributed by atoms with Crippen molar-refractivity contribution in [2.45, 2.75) is 13.5 Å². The van der Waals surface area contributed by atoms with Crippen LogP contribution in [-0.4, -0.2) is 46.3 Å². The number of benzene rings is 2. The fourth-order valence-electron chi connectivity index (χ4n) is 3.50. The van der Waals surface area contributed by atoms with Crippen LogP contribution in [0, 0.1) is 6.92 Å². The zero-order valence-electron chi connectivity index (χ0n) is 16.7. The molecule has 0 aromatic heterocycles. The van der Waals surface area contributed by atoms with Crippen molar-refractivity contribution >= 4 is 77.4 Å². The molecule has 2 aromatic carbocycles. The second kappa shape index (κ2) is 8.71. The standard InChI is InChI=1S/C21H17BrN2O5S3/c1-12-2-4-13(5-3-12)11-24-16-7-6-14(22)10-15(16)17(19(24)25)18-20(26)23(21(30)31-18)8-9-32(27,28)29/h2-7,10H,8-9,11H2,1H3,(H,27,28,29)/b18-17-.